The molecule has 4 N–H and O–H groups in total. The van der Waals surface area contributed by atoms with Crippen LogP contribution >= 0.6 is 0 Å². The first-order valence-electron chi connectivity index (χ1n) is 11.8. The summed E-state index contributed by atoms with van der Waals surface area (Å²) in [4.78, 5) is 11.3. The normalized spacial score (nSPS) is 51.7. The van der Waals surface area contributed by atoms with Crippen molar-refractivity contribution >= 4 is 5.91 Å². The van der Waals surface area contributed by atoms with E-state index >= 15 is 0 Å². The smallest absolute Gasteiger partial charge is 0.217 e. The Kier molecular flexibility index (Phi) is 5.36. The second kappa shape index (κ2) is 7.27. The summed E-state index contributed by atoms with van der Waals surface area (Å²) < 4.78 is 0. The Balaban J connectivity index is 1.55. The Hall–Kier alpha value is -0.610. The fourth-order valence-electron chi connectivity index (χ4n) is 8.75. The monoisotopic (exact) mass is 391 g/mol. The van der Waals surface area contributed by atoms with E-state index in [1.54, 1.807) is 0 Å². The first-order chi connectivity index (χ1) is 13.2. The zero-order valence-corrected chi connectivity index (χ0v) is 18.1. The van der Waals surface area contributed by atoms with E-state index in [0.717, 1.165) is 32.1 Å². The van der Waals surface area contributed by atoms with Gasteiger partial charge in [0.1, 0.15) is 0 Å². The molecular weight excluding hydrogens is 350 g/mol. The highest BCUT2D eigenvalue weighted by Crippen LogP contribution is 2.68. The lowest BCUT2D eigenvalue weighted by Gasteiger charge is -2.62. The molecule has 0 aromatic heterocycles. The number of hydrogen-bond donors (Lipinski definition) is 3. The van der Waals surface area contributed by atoms with Crippen molar-refractivity contribution in [2.45, 2.75) is 97.2 Å². The average Bonchev–Trinajstić information content (AvgIpc) is 2.98. The summed E-state index contributed by atoms with van der Waals surface area (Å²) in [6.45, 7) is 7.26. The minimum Gasteiger partial charge on any atom is -0.393 e. The molecule has 160 valence electrons. The van der Waals surface area contributed by atoms with Gasteiger partial charge in [0.25, 0.3) is 0 Å². The van der Waals surface area contributed by atoms with Crippen molar-refractivity contribution in [1.29, 1.82) is 0 Å². The van der Waals surface area contributed by atoms with Gasteiger partial charge in [0, 0.05) is 6.42 Å². The number of nitrogens with two attached hydrogens (primary N) is 1. The molecule has 28 heavy (non-hydrogen) atoms. The van der Waals surface area contributed by atoms with Gasteiger partial charge in [0.15, 0.2) is 0 Å². The Morgan fingerprint density at radius 3 is 2.43 bits per heavy atom. The van der Waals surface area contributed by atoms with Crippen LogP contribution in [0.5, 0.6) is 0 Å². The lowest BCUT2D eigenvalue weighted by molar-refractivity contribution is -0.174. The molecule has 4 saturated carbocycles. The molecule has 0 aliphatic heterocycles. The molecule has 4 rings (SSSR count). The predicted octanol–water partition coefficient (Wildman–Crippen LogP) is 3.88. The van der Waals surface area contributed by atoms with Crippen molar-refractivity contribution in [3.05, 3.63) is 0 Å². The summed E-state index contributed by atoms with van der Waals surface area (Å²) in [5.41, 5.74) is 5.99. The Bertz CT molecular complexity index is 609. The molecule has 4 heteroatoms. The summed E-state index contributed by atoms with van der Waals surface area (Å²) in [7, 11) is 0. The van der Waals surface area contributed by atoms with Crippen LogP contribution in [0.2, 0.25) is 0 Å². The third-order valence-electron chi connectivity index (χ3n) is 10.3. The molecule has 0 bridgehead atoms. The maximum Gasteiger partial charge on any atom is 0.217 e. The van der Waals surface area contributed by atoms with E-state index < -0.39 is 0 Å². The van der Waals surface area contributed by atoms with Gasteiger partial charge in [0.2, 0.25) is 5.91 Å². The number of carbonyl (C=O) groups is 1. The topological polar surface area (TPSA) is 83.6 Å². The fraction of sp³-hybridized carbons (Fsp3) is 0.958. The first kappa shape index (κ1) is 20.7. The van der Waals surface area contributed by atoms with Crippen LogP contribution in [0.4, 0.5) is 0 Å². The van der Waals surface area contributed by atoms with E-state index in [9.17, 15) is 15.0 Å². The number of carbonyl (C=O) groups excluding carboxylic acids is 1. The highest BCUT2D eigenvalue weighted by Gasteiger charge is 2.62. The number of rotatable bonds is 4. The van der Waals surface area contributed by atoms with Crippen molar-refractivity contribution in [2.75, 3.05) is 0 Å². The van der Waals surface area contributed by atoms with Gasteiger partial charge in [-0.05, 0) is 104 Å². The molecule has 0 spiro atoms. The fourth-order valence-corrected chi connectivity index (χ4v) is 8.75. The lowest BCUT2D eigenvalue weighted by atomic mass is 9.43. The number of amides is 1. The summed E-state index contributed by atoms with van der Waals surface area (Å²) in [5.74, 6) is 3.08. The van der Waals surface area contributed by atoms with Crippen molar-refractivity contribution < 1.29 is 15.0 Å². The van der Waals surface area contributed by atoms with E-state index in [1.165, 1.54) is 25.7 Å². The highest BCUT2D eigenvalue weighted by atomic mass is 16.3. The van der Waals surface area contributed by atoms with Crippen molar-refractivity contribution in [1.82, 2.24) is 0 Å². The number of hydrogen-bond acceptors (Lipinski definition) is 3. The summed E-state index contributed by atoms with van der Waals surface area (Å²) in [6, 6.07) is 0. The average molecular weight is 392 g/mol. The standard InChI is InChI=1S/C24H41NO3/c1-14(4-7-21(25)28)17-5-6-18-22-19(9-11-24(17,18)3)23(2)10-8-16(26)12-15(23)13-20(22)27/h14-20,22,26-27H,4-13H2,1-3H3,(H2,25,28)/t14-,15+,16-,17-,18+,19+,20?,22+,23+,24-/m1/s1. The summed E-state index contributed by atoms with van der Waals surface area (Å²) in [5, 5.41) is 21.5. The van der Waals surface area contributed by atoms with E-state index in [2.05, 4.69) is 20.8 Å². The number of primary amides is 1. The van der Waals surface area contributed by atoms with E-state index in [1.807, 2.05) is 0 Å². The van der Waals surface area contributed by atoms with Gasteiger partial charge < -0.3 is 15.9 Å². The number of fused-ring (bicyclic) bond motifs is 5. The molecule has 1 amide bonds. The van der Waals surface area contributed by atoms with Crippen LogP contribution in [0.1, 0.15) is 85.0 Å². The molecule has 4 aliphatic rings. The molecule has 4 aliphatic carbocycles. The van der Waals surface area contributed by atoms with Crippen molar-refractivity contribution in [3.8, 4) is 0 Å². The van der Waals surface area contributed by atoms with Gasteiger partial charge in [-0.1, -0.05) is 20.8 Å². The molecule has 0 heterocycles. The van der Waals surface area contributed by atoms with Gasteiger partial charge in [-0.15, -0.1) is 0 Å². The van der Waals surface area contributed by atoms with Crippen LogP contribution in [0.3, 0.4) is 0 Å². The first-order valence-corrected chi connectivity index (χ1v) is 11.8. The molecule has 0 aromatic carbocycles. The zero-order valence-electron chi connectivity index (χ0n) is 18.1. The molecule has 0 aromatic rings. The van der Waals surface area contributed by atoms with Gasteiger partial charge >= 0.3 is 0 Å². The molecular formula is C24H41NO3. The van der Waals surface area contributed by atoms with Crippen LogP contribution in [0.25, 0.3) is 0 Å². The second-order valence-electron chi connectivity index (χ2n) is 11.4. The molecule has 4 nitrogen and oxygen atoms in total. The van der Waals surface area contributed by atoms with Crippen LogP contribution in [0, 0.1) is 46.3 Å². The van der Waals surface area contributed by atoms with E-state index in [0.29, 0.717) is 47.3 Å². The largest absolute Gasteiger partial charge is 0.393 e. The Morgan fingerprint density at radius 2 is 1.71 bits per heavy atom. The molecule has 0 radical (unpaired) electrons. The van der Waals surface area contributed by atoms with Crippen LogP contribution in [0.15, 0.2) is 0 Å². The van der Waals surface area contributed by atoms with Crippen LogP contribution in [-0.2, 0) is 4.79 Å². The number of aliphatic hydroxyl groups is 2. The third kappa shape index (κ3) is 3.14. The zero-order chi connectivity index (χ0) is 20.3. The lowest BCUT2D eigenvalue weighted by Crippen LogP contribution is -2.58. The van der Waals surface area contributed by atoms with Crippen LogP contribution < -0.4 is 5.73 Å². The van der Waals surface area contributed by atoms with E-state index in [-0.39, 0.29) is 23.5 Å². The van der Waals surface area contributed by atoms with Crippen LogP contribution in [-0.4, -0.2) is 28.3 Å². The minimum atomic E-state index is -0.210. The second-order valence-corrected chi connectivity index (χ2v) is 11.4. The maximum atomic E-state index is 11.3. The molecule has 4 fully saturated rings. The number of aliphatic hydroxyl groups excluding tert-OH is 2. The predicted molar refractivity (Wildman–Crippen MR) is 110 cm³/mol. The Labute approximate surface area is 170 Å². The molecule has 0 saturated heterocycles. The highest BCUT2D eigenvalue weighted by molar-refractivity contribution is 5.73. The van der Waals surface area contributed by atoms with Gasteiger partial charge in [-0.25, -0.2) is 0 Å². The van der Waals surface area contributed by atoms with Crippen molar-refractivity contribution in [3.63, 3.8) is 0 Å². The SMILES string of the molecule is C[C@H](CCC(N)=O)[C@H]1CC[C@H]2[C@@H]3C(O)C[C@@H]4C[C@H](O)CC[C@]4(C)[C@H]3CC[C@]12C. The third-order valence-corrected chi connectivity index (χ3v) is 10.3. The van der Waals surface area contributed by atoms with E-state index in [4.69, 9.17) is 5.73 Å². The van der Waals surface area contributed by atoms with Crippen molar-refractivity contribution in [2.24, 2.45) is 52.1 Å². The quantitative estimate of drug-likeness (QED) is 0.680. The van der Waals surface area contributed by atoms with Gasteiger partial charge in [-0.3, -0.25) is 4.79 Å². The summed E-state index contributed by atoms with van der Waals surface area (Å²) >= 11 is 0. The maximum absolute atomic E-state index is 11.3. The molecule has 1 unspecified atom stereocenters. The molecule has 10 atom stereocenters. The minimum absolute atomic E-state index is 0.169. The summed E-state index contributed by atoms with van der Waals surface area (Å²) in [6.07, 6.45) is 9.75. The van der Waals surface area contributed by atoms with Gasteiger partial charge in [-0.2, -0.15) is 0 Å². The Morgan fingerprint density at radius 1 is 1.04 bits per heavy atom. The van der Waals surface area contributed by atoms with Gasteiger partial charge in [0.05, 0.1) is 12.2 Å².